The molecule has 0 unspecified atom stereocenters. The molecule has 0 atom stereocenters. The average molecular weight is 204 g/mol. The fourth-order valence-electron chi connectivity index (χ4n) is 1.46. The van der Waals surface area contributed by atoms with Gasteiger partial charge in [-0.2, -0.15) is 0 Å². The van der Waals surface area contributed by atoms with Crippen LogP contribution in [-0.4, -0.2) is 31.1 Å². The third-order valence-electron chi connectivity index (χ3n) is 2.37. The van der Waals surface area contributed by atoms with Crippen LogP contribution in [0.15, 0.2) is 36.4 Å². The highest BCUT2D eigenvalue weighted by atomic mass is 15.1. The molecule has 1 aromatic rings. The summed E-state index contributed by atoms with van der Waals surface area (Å²) in [4.78, 5) is 2.32. The molecular weight excluding hydrogens is 184 g/mol. The highest BCUT2D eigenvalue weighted by Crippen LogP contribution is 2.01. The van der Waals surface area contributed by atoms with Crippen molar-refractivity contribution in [3.63, 3.8) is 0 Å². The molecule has 0 fully saturated rings. The Hall–Kier alpha value is -1.12. The lowest BCUT2D eigenvalue weighted by molar-refractivity contribution is 0.329. The number of hydrogen-bond acceptors (Lipinski definition) is 2. The summed E-state index contributed by atoms with van der Waals surface area (Å²) in [6.07, 6.45) is 4.34. The van der Waals surface area contributed by atoms with E-state index >= 15 is 0 Å². The van der Waals surface area contributed by atoms with Gasteiger partial charge in [0.25, 0.3) is 0 Å². The van der Waals surface area contributed by atoms with E-state index in [1.165, 1.54) is 5.56 Å². The van der Waals surface area contributed by atoms with Gasteiger partial charge in [-0.1, -0.05) is 49.4 Å². The third kappa shape index (κ3) is 4.77. The van der Waals surface area contributed by atoms with Gasteiger partial charge in [0, 0.05) is 19.6 Å². The fraction of sp³-hybridized carbons (Fsp3) is 0.385. The summed E-state index contributed by atoms with van der Waals surface area (Å²) in [7, 11) is 0. The topological polar surface area (TPSA) is 29.3 Å². The van der Waals surface area contributed by atoms with Crippen molar-refractivity contribution < 1.29 is 0 Å². The van der Waals surface area contributed by atoms with Crippen LogP contribution in [0.25, 0.3) is 6.08 Å². The Morgan fingerprint density at radius 3 is 2.60 bits per heavy atom. The summed E-state index contributed by atoms with van der Waals surface area (Å²) >= 11 is 0. The van der Waals surface area contributed by atoms with Gasteiger partial charge in [-0.3, -0.25) is 4.90 Å². The van der Waals surface area contributed by atoms with Gasteiger partial charge in [-0.25, -0.2) is 0 Å². The van der Waals surface area contributed by atoms with Crippen molar-refractivity contribution in [3.05, 3.63) is 42.0 Å². The first-order valence-corrected chi connectivity index (χ1v) is 5.50. The van der Waals surface area contributed by atoms with E-state index in [2.05, 4.69) is 48.2 Å². The molecule has 0 aliphatic carbocycles. The van der Waals surface area contributed by atoms with Crippen LogP contribution in [0.5, 0.6) is 0 Å². The Morgan fingerprint density at radius 1 is 1.27 bits per heavy atom. The van der Waals surface area contributed by atoms with E-state index in [9.17, 15) is 0 Å². The van der Waals surface area contributed by atoms with Crippen molar-refractivity contribution >= 4 is 6.08 Å². The van der Waals surface area contributed by atoms with Crippen molar-refractivity contribution in [3.8, 4) is 0 Å². The van der Waals surface area contributed by atoms with Gasteiger partial charge in [-0.15, -0.1) is 0 Å². The first kappa shape index (κ1) is 12.0. The van der Waals surface area contributed by atoms with Crippen LogP contribution in [0.1, 0.15) is 12.5 Å². The van der Waals surface area contributed by atoms with Gasteiger partial charge in [-0.05, 0) is 12.1 Å². The quantitative estimate of drug-likeness (QED) is 0.767. The molecule has 0 saturated carbocycles. The van der Waals surface area contributed by atoms with Crippen molar-refractivity contribution in [2.24, 2.45) is 5.73 Å². The smallest absolute Gasteiger partial charge is 0.0166 e. The van der Waals surface area contributed by atoms with E-state index in [-0.39, 0.29) is 0 Å². The first-order valence-electron chi connectivity index (χ1n) is 5.50. The largest absolute Gasteiger partial charge is 0.329 e. The van der Waals surface area contributed by atoms with E-state index in [0.717, 1.165) is 26.2 Å². The summed E-state index contributed by atoms with van der Waals surface area (Å²) in [5.41, 5.74) is 6.77. The molecule has 15 heavy (non-hydrogen) atoms. The summed E-state index contributed by atoms with van der Waals surface area (Å²) in [6, 6.07) is 10.4. The van der Waals surface area contributed by atoms with E-state index in [1.54, 1.807) is 0 Å². The van der Waals surface area contributed by atoms with E-state index in [0.29, 0.717) is 0 Å². The Morgan fingerprint density at radius 2 is 2.00 bits per heavy atom. The van der Waals surface area contributed by atoms with E-state index in [1.807, 2.05) is 6.07 Å². The minimum absolute atomic E-state index is 0.729. The molecule has 0 amide bonds. The molecule has 0 radical (unpaired) electrons. The van der Waals surface area contributed by atoms with Crippen LogP contribution in [0.2, 0.25) is 0 Å². The Kier molecular flexibility index (Phi) is 5.74. The molecule has 0 saturated heterocycles. The lowest BCUT2D eigenvalue weighted by Gasteiger charge is -2.16. The number of likely N-dealkylation sites (N-methyl/N-ethyl adjacent to an activating group) is 1. The van der Waals surface area contributed by atoms with Crippen LogP contribution in [-0.2, 0) is 0 Å². The van der Waals surface area contributed by atoms with E-state index in [4.69, 9.17) is 5.73 Å². The molecule has 82 valence electrons. The second-order valence-corrected chi connectivity index (χ2v) is 3.49. The monoisotopic (exact) mass is 204 g/mol. The maximum atomic E-state index is 5.52. The molecule has 1 aromatic carbocycles. The van der Waals surface area contributed by atoms with E-state index < -0.39 is 0 Å². The van der Waals surface area contributed by atoms with Gasteiger partial charge in [0.1, 0.15) is 0 Å². The van der Waals surface area contributed by atoms with Gasteiger partial charge >= 0.3 is 0 Å². The normalized spacial score (nSPS) is 11.4. The van der Waals surface area contributed by atoms with Crippen LogP contribution in [0.4, 0.5) is 0 Å². The van der Waals surface area contributed by atoms with Crippen LogP contribution < -0.4 is 5.73 Å². The van der Waals surface area contributed by atoms with Gasteiger partial charge in [0.2, 0.25) is 0 Å². The molecule has 2 nitrogen and oxygen atoms in total. The van der Waals surface area contributed by atoms with Crippen molar-refractivity contribution in [1.29, 1.82) is 0 Å². The molecule has 1 rings (SSSR count). The third-order valence-corrected chi connectivity index (χ3v) is 2.37. The lowest BCUT2D eigenvalue weighted by atomic mass is 10.2. The second-order valence-electron chi connectivity index (χ2n) is 3.49. The Balaban J connectivity index is 2.38. The van der Waals surface area contributed by atoms with Gasteiger partial charge < -0.3 is 5.73 Å². The van der Waals surface area contributed by atoms with Gasteiger partial charge in [0.15, 0.2) is 0 Å². The summed E-state index contributed by atoms with van der Waals surface area (Å²) in [5, 5.41) is 0. The number of rotatable bonds is 6. The number of hydrogen-bond donors (Lipinski definition) is 1. The zero-order valence-electron chi connectivity index (χ0n) is 9.39. The van der Waals surface area contributed by atoms with Gasteiger partial charge in [0.05, 0.1) is 0 Å². The first-order chi connectivity index (χ1) is 7.36. The molecule has 2 N–H and O–H groups in total. The van der Waals surface area contributed by atoms with Crippen LogP contribution >= 0.6 is 0 Å². The summed E-state index contributed by atoms with van der Waals surface area (Å²) in [5.74, 6) is 0. The molecular formula is C13H20N2. The van der Waals surface area contributed by atoms with Crippen molar-refractivity contribution in [2.45, 2.75) is 6.92 Å². The standard InChI is InChI=1S/C13H20N2/c1-2-15(12-10-14)11-6-9-13-7-4-3-5-8-13/h3-9H,2,10-12,14H2,1H3/b9-6+. The molecule has 0 bridgehead atoms. The molecule has 0 heterocycles. The van der Waals surface area contributed by atoms with Crippen molar-refractivity contribution in [1.82, 2.24) is 4.90 Å². The molecule has 0 aromatic heterocycles. The SMILES string of the molecule is CCN(C/C=C/c1ccccc1)CCN. The molecule has 0 aliphatic heterocycles. The highest BCUT2D eigenvalue weighted by molar-refractivity contribution is 5.48. The Bertz CT molecular complexity index is 280. The number of nitrogens with zero attached hydrogens (tertiary/aromatic N) is 1. The maximum Gasteiger partial charge on any atom is 0.0166 e. The predicted molar refractivity (Wildman–Crippen MR) is 66.6 cm³/mol. The molecule has 2 heteroatoms. The highest BCUT2D eigenvalue weighted by Gasteiger charge is 1.96. The zero-order chi connectivity index (χ0) is 10.9. The minimum Gasteiger partial charge on any atom is -0.329 e. The second kappa shape index (κ2) is 7.21. The summed E-state index contributed by atoms with van der Waals surface area (Å²) < 4.78 is 0. The average Bonchev–Trinajstić information content (AvgIpc) is 2.29. The van der Waals surface area contributed by atoms with Crippen molar-refractivity contribution in [2.75, 3.05) is 26.2 Å². The minimum atomic E-state index is 0.729. The Labute approximate surface area is 92.4 Å². The predicted octanol–water partition coefficient (Wildman–Crippen LogP) is 1.98. The zero-order valence-corrected chi connectivity index (χ0v) is 9.39. The van der Waals surface area contributed by atoms with Crippen LogP contribution in [0, 0.1) is 0 Å². The fourth-order valence-corrected chi connectivity index (χ4v) is 1.46. The number of nitrogens with two attached hydrogens (primary N) is 1. The lowest BCUT2D eigenvalue weighted by Crippen LogP contribution is -2.29. The van der Waals surface area contributed by atoms with Crippen LogP contribution in [0.3, 0.4) is 0 Å². The summed E-state index contributed by atoms with van der Waals surface area (Å²) in [6.45, 7) is 5.88. The number of benzene rings is 1. The molecule has 0 aliphatic rings. The maximum absolute atomic E-state index is 5.52. The molecule has 0 spiro atoms.